The van der Waals surface area contributed by atoms with Crippen molar-refractivity contribution in [3.8, 4) is 0 Å². The van der Waals surface area contributed by atoms with Crippen LogP contribution in [0.3, 0.4) is 0 Å². The van der Waals surface area contributed by atoms with Crippen molar-refractivity contribution in [1.29, 1.82) is 0 Å². The summed E-state index contributed by atoms with van der Waals surface area (Å²) in [6, 6.07) is 0.442. The molecule has 1 N–H and O–H groups in total. The number of nitrogens with zero attached hydrogens (tertiary/aromatic N) is 2. The van der Waals surface area contributed by atoms with Crippen molar-refractivity contribution in [2.24, 2.45) is 0 Å². The van der Waals surface area contributed by atoms with Crippen molar-refractivity contribution in [1.82, 2.24) is 15.3 Å². The molecule has 2 bridgehead atoms. The molecule has 4 heteroatoms. The van der Waals surface area contributed by atoms with Gasteiger partial charge in [-0.25, -0.2) is 9.97 Å². The molecule has 2 saturated heterocycles. The molecule has 1 aromatic heterocycles. The Morgan fingerprint density at radius 2 is 2.24 bits per heavy atom. The Balaban J connectivity index is 1.62. The molecule has 4 rings (SSSR count). The van der Waals surface area contributed by atoms with Gasteiger partial charge in [-0.15, -0.1) is 0 Å². The van der Waals surface area contributed by atoms with E-state index in [-0.39, 0.29) is 0 Å². The summed E-state index contributed by atoms with van der Waals surface area (Å²) in [6.45, 7) is 3.18. The molecular formula is C17H25N3O. The minimum atomic E-state index is 0.378. The second-order valence-electron chi connectivity index (χ2n) is 6.70. The molecule has 2 fully saturated rings. The molecule has 114 valence electrons. The molecule has 3 aliphatic rings. The molecule has 1 aliphatic carbocycles. The quantitative estimate of drug-likeness (QED) is 0.868. The fourth-order valence-corrected chi connectivity index (χ4v) is 4.28. The zero-order valence-electron chi connectivity index (χ0n) is 12.8. The van der Waals surface area contributed by atoms with E-state index in [0.29, 0.717) is 24.2 Å². The third-order valence-electron chi connectivity index (χ3n) is 5.34. The lowest BCUT2D eigenvalue weighted by Gasteiger charge is -2.21. The zero-order chi connectivity index (χ0) is 14.2. The number of aromatic nitrogens is 2. The summed E-state index contributed by atoms with van der Waals surface area (Å²) in [4.78, 5) is 9.71. The van der Waals surface area contributed by atoms with Crippen LogP contribution in [0.25, 0.3) is 0 Å². The Hall–Kier alpha value is -1.00. The van der Waals surface area contributed by atoms with E-state index in [2.05, 4.69) is 18.4 Å². The Kier molecular flexibility index (Phi) is 3.67. The molecule has 21 heavy (non-hydrogen) atoms. The molecule has 0 radical (unpaired) electrons. The van der Waals surface area contributed by atoms with E-state index >= 15 is 0 Å². The van der Waals surface area contributed by atoms with Crippen LogP contribution in [-0.2, 0) is 11.2 Å². The predicted octanol–water partition coefficient (Wildman–Crippen LogP) is 2.89. The van der Waals surface area contributed by atoms with Crippen molar-refractivity contribution >= 4 is 0 Å². The summed E-state index contributed by atoms with van der Waals surface area (Å²) in [5.41, 5.74) is 2.62. The predicted molar refractivity (Wildman–Crippen MR) is 81.3 cm³/mol. The lowest BCUT2D eigenvalue weighted by atomic mass is 9.88. The fourth-order valence-electron chi connectivity index (χ4n) is 4.28. The minimum Gasteiger partial charge on any atom is -0.374 e. The van der Waals surface area contributed by atoms with Gasteiger partial charge in [-0.05, 0) is 45.1 Å². The Labute approximate surface area is 126 Å². The Morgan fingerprint density at radius 3 is 3.00 bits per heavy atom. The van der Waals surface area contributed by atoms with Crippen LogP contribution in [0.4, 0.5) is 0 Å². The topological polar surface area (TPSA) is 47.0 Å². The van der Waals surface area contributed by atoms with E-state index in [1.165, 1.54) is 43.4 Å². The van der Waals surface area contributed by atoms with Gasteiger partial charge in [-0.1, -0.05) is 13.3 Å². The lowest BCUT2D eigenvalue weighted by molar-refractivity contribution is 0.0998. The fraction of sp³-hybridized carbons (Fsp3) is 0.765. The number of rotatable bonds is 3. The number of ether oxygens (including phenoxy) is 1. The van der Waals surface area contributed by atoms with E-state index < -0.39 is 0 Å². The van der Waals surface area contributed by atoms with Crippen molar-refractivity contribution in [2.45, 2.75) is 76.0 Å². The average Bonchev–Trinajstić information content (AvgIpc) is 3.08. The van der Waals surface area contributed by atoms with E-state index in [9.17, 15) is 0 Å². The largest absolute Gasteiger partial charge is 0.374 e. The minimum absolute atomic E-state index is 0.378. The highest BCUT2D eigenvalue weighted by Gasteiger charge is 2.43. The standard InChI is InChI=1S/C17H25N3O/c1-2-18-14-5-3-4-6-15-13(14)10-19-17(20-15)12-9-11-7-8-16(12)21-11/h10-12,14,16,18H,2-9H2,1H3. The SMILES string of the molecule is CCNC1CCCCc2nc(C3CC4CCC3O4)ncc21. The molecule has 4 unspecified atom stereocenters. The Bertz CT molecular complexity index is 519. The molecule has 1 aromatic rings. The monoisotopic (exact) mass is 287 g/mol. The van der Waals surface area contributed by atoms with Gasteiger partial charge in [-0.3, -0.25) is 0 Å². The third kappa shape index (κ3) is 2.49. The third-order valence-corrected chi connectivity index (χ3v) is 5.34. The molecule has 4 atom stereocenters. The lowest BCUT2D eigenvalue weighted by Crippen LogP contribution is -2.23. The normalized spacial score (nSPS) is 34.7. The molecule has 2 aliphatic heterocycles. The molecule has 3 heterocycles. The maximum atomic E-state index is 5.98. The summed E-state index contributed by atoms with van der Waals surface area (Å²) in [5, 5.41) is 3.59. The van der Waals surface area contributed by atoms with E-state index in [4.69, 9.17) is 14.7 Å². The van der Waals surface area contributed by atoms with Crippen LogP contribution in [0.1, 0.15) is 74.5 Å². The number of hydrogen-bond donors (Lipinski definition) is 1. The summed E-state index contributed by atoms with van der Waals surface area (Å²) in [6.07, 6.45) is 11.3. The van der Waals surface area contributed by atoms with Crippen LogP contribution in [0.15, 0.2) is 6.20 Å². The van der Waals surface area contributed by atoms with Gasteiger partial charge in [0.05, 0.1) is 12.2 Å². The summed E-state index contributed by atoms with van der Waals surface area (Å²) in [5.74, 6) is 1.48. The van der Waals surface area contributed by atoms with Crippen LogP contribution in [0.2, 0.25) is 0 Å². The number of nitrogens with one attached hydrogen (secondary N) is 1. The van der Waals surface area contributed by atoms with Gasteiger partial charge in [0.15, 0.2) is 0 Å². The maximum absolute atomic E-state index is 5.98. The van der Waals surface area contributed by atoms with Crippen LogP contribution in [0.5, 0.6) is 0 Å². The highest BCUT2D eigenvalue weighted by atomic mass is 16.5. The van der Waals surface area contributed by atoms with Gasteiger partial charge in [0, 0.05) is 29.4 Å². The highest BCUT2D eigenvalue weighted by molar-refractivity contribution is 5.25. The summed E-state index contributed by atoms with van der Waals surface area (Å²) < 4.78 is 5.98. The van der Waals surface area contributed by atoms with E-state index in [1.54, 1.807) is 0 Å². The van der Waals surface area contributed by atoms with E-state index in [0.717, 1.165) is 25.2 Å². The number of hydrogen-bond acceptors (Lipinski definition) is 4. The first-order chi connectivity index (χ1) is 10.3. The van der Waals surface area contributed by atoms with Gasteiger partial charge >= 0.3 is 0 Å². The number of fused-ring (bicyclic) bond motifs is 3. The van der Waals surface area contributed by atoms with Crippen molar-refractivity contribution in [3.05, 3.63) is 23.3 Å². The molecule has 0 saturated carbocycles. The second kappa shape index (κ2) is 5.65. The van der Waals surface area contributed by atoms with Gasteiger partial charge in [0.1, 0.15) is 5.82 Å². The molecule has 0 aromatic carbocycles. The zero-order valence-corrected chi connectivity index (χ0v) is 12.8. The van der Waals surface area contributed by atoms with Gasteiger partial charge in [0.25, 0.3) is 0 Å². The van der Waals surface area contributed by atoms with Crippen LogP contribution < -0.4 is 5.32 Å². The molecule has 4 nitrogen and oxygen atoms in total. The smallest absolute Gasteiger partial charge is 0.134 e. The van der Waals surface area contributed by atoms with Crippen LogP contribution in [-0.4, -0.2) is 28.7 Å². The molecule has 0 spiro atoms. The second-order valence-corrected chi connectivity index (χ2v) is 6.70. The maximum Gasteiger partial charge on any atom is 0.134 e. The Morgan fingerprint density at radius 1 is 1.29 bits per heavy atom. The van der Waals surface area contributed by atoms with Gasteiger partial charge in [-0.2, -0.15) is 0 Å². The summed E-state index contributed by atoms with van der Waals surface area (Å²) >= 11 is 0. The molecule has 0 amide bonds. The first kappa shape index (κ1) is 13.6. The molecular weight excluding hydrogens is 262 g/mol. The van der Waals surface area contributed by atoms with Crippen molar-refractivity contribution in [3.63, 3.8) is 0 Å². The van der Waals surface area contributed by atoms with Crippen LogP contribution in [0, 0.1) is 0 Å². The average molecular weight is 287 g/mol. The van der Waals surface area contributed by atoms with Gasteiger partial charge < -0.3 is 10.1 Å². The highest BCUT2D eigenvalue weighted by Crippen LogP contribution is 2.43. The van der Waals surface area contributed by atoms with E-state index in [1.807, 2.05) is 0 Å². The number of aryl methyl sites for hydroxylation is 1. The first-order valence-corrected chi connectivity index (χ1v) is 8.59. The first-order valence-electron chi connectivity index (χ1n) is 8.59. The summed E-state index contributed by atoms with van der Waals surface area (Å²) in [7, 11) is 0. The van der Waals surface area contributed by atoms with Crippen molar-refractivity contribution in [2.75, 3.05) is 6.54 Å². The van der Waals surface area contributed by atoms with Crippen LogP contribution >= 0.6 is 0 Å². The van der Waals surface area contributed by atoms with Crippen molar-refractivity contribution < 1.29 is 4.74 Å². The van der Waals surface area contributed by atoms with Gasteiger partial charge in [0.2, 0.25) is 0 Å².